The summed E-state index contributed by atoms with van der Waals surface area (Å²) in [6.07, 6.45) is 0. The van der Waals surface area contributed by atoms with Crippen molar-refractivity contribution >= 4 is 17.3 Å². The molecule has 1 unspecified atom stereocenters. The number of amides is 1. The van der Waals surface area contributed by atoms with E-state index in [0.29, 0.717) is 11.6 Å². The molecule has 1 atom stereocenters. The van der Waals surface area contributed by atoms with E-state index in [4.69, 9.17) is 5.73 Å². The van der Waals surface area contributed by atoms with E-state index in [-0.39, 0.29) is 0 Å². The molecule has 1 fully saturated rings. The Morgan fingerprint density at radius 2 is 1.73 bits per heavy atom. The fraction of sp³-hybridized carbons (Fsp3) is 0.381. The van der Waals surface area contributed by atoms with Gasteiger partial charge in [0.1, 0.15) is 0 Å². The van der Waals surface area contributed by atoms with E-state index < -0.39 is 5.91 Å². The van der Waals surface area contributed by atoms with Crippen molar-refractivity contribution in [3.8, 4) is 0 Å². The highest BCUT2D eigenvalue weighted by Gasteiger charge is 2.21. The molecular formula is C21H28N4O. The Kier molecular flexibility index (Phi) is 5.78. The van der Waals surface area contributed by atoms with Gasteiger partial charge in [-0.1, -0.05) is 29.8 Å². The van der Waals surface area contributed by atoms with Crippen molar-refractivity contribution < 1.29 is 4.79 Å². The molecule has 1 aliphatic heterocycles. The summed E-state index contributed by atoms with van der Waals surface area (Å²) < 4.78 is 0. The molecule has 2 aromatic carbocycles. The van der Waals surface area contributed by atoms with Crippen LogP contribution in [0.25, 0.3) is 0 Å². The Balaban J connectivity index is 1.52. The number of benzene rings is 2. The number of piperazine rings is 1. The topological polar surface area (TPSA) is 61.6 Å². The van der Waals surface area contributed by atoms with Gasteiger partial charge in [-0.3, -0.25) is 9.69 Å². The summed E-state index contributed by atoms with van der Waals surface area (Å²) in [5, 5.41) is 3.38. The van der Waals surface area contributed by atoms with Gasteiger partial charge in [0.15, 0.2) is 0 Å². The van der Waals surface area contributed by atoms with Crippen LogP contribution in [0, 0.1) is 6.92 Å². The summed E-state index contributed by atoms with van der Waals surface area (Å²) in [7, 11) is 0. The maximum Gasteiger partial charge on any atom is 0.250 e. The second kappa shape index (κ2) is 8.23. The zero-order valence-electron chi connectivity index (χ0n) is 15.6. The minimum atomic E-state index is -0.396. The summed E-state index contributed by atoms with van der Waals surface area (Å²) in [5.74, 6) is -0.396. The predicted molar refractivity (Wildman–Crippen MR) is 108 cm³/mol. The van der Waals surface area contributed by atoms with E-state index in [1.807, 2.05) is 18.2 Å². The van der Waals surface area contributed by atoms with Crippen molar-refractivity contribution in [1.82, 2.24) is 4.90 Å². The largest absolute Gasteiger partial charge is 0.383 e. The van der Waals surface area contributed by atoms with Crippen molar-refractivity contribution in [2.75, 3.05) is 42.9 Å². The number of nitrogens with zero attached hydrogens (tertiary/aromatic N) is 2. The second-order valence-electron chi connectivity index (χ2n) is 7.00. The highest BCUT2D eigenvalue weighted by atomic mass is 16.1. The number of anilines is 2. The van der Waals surface area contributed by atoms with Gasteiger partial charge in [0.25, 0.3) is 5.91 Å². The number of nitrogens with one attached hydrogen (secondary N) is 1. The van der Waals surface area contributed by atoms with Crippen LogP contribution in [-0.2, 0) is 0 Å². The molecule has 2 aromatic rings. The van der Waals surface area contributed by atoms with Crippen LogP contribution in [0.15, 0.2) is 48.5 Å². The maximum absolute atomic E-state index is 11.5. The first-order valence-corrected chi connectivity index (χ1v) is 9.23. The Hall–Kier alpha value is -2.53. The minimum absolute atomic E-state index is 0.385. The molecule has 0 saturated carbocycles. The van der Waals surface area contributed by atoms with Gasteiger partial charge < -0.3 is 16.0 Å². The number of para-hydroxylation sites is 1. The molecule has 3 rings (SSSR count). The summed E-state index contributed by atoms with van der Waals surface area (Å²) in [6.45, 7) is 9.27. The third-order valence-electron chi connectivity index (χ3n) is 5.12. The lowest BCUT2D eigenvalue weighted by Gasteiger charge is -2.39. The summed E-state index contributed by atoms with van der Waals surface area (Å²) in [5.41, 5.74) is 9.40. The van der Waals surface area contributed by atoms with Crippen LogP contribution in [0.4, 0.5) is 11.4 Å². The average molecular weight is 352 g/mol. The van der Waals surface area contributed by atoms with Gasteiger partial charge in [-0.25, -0.2) is 0 Å². The van der Waals surface area contributed by atoms with Gasteiger partial charge in [0.2, 0.25) is 0 Å². The van der Waals surface area contributed by atoms with E-state index in [2.05, 4.69) is 53.2 Å². The first-order chi connectivity index (χ1) is 12.5. The Bertz CT molecular complexity index is 736. The van der Waals surface area contributed by atoms with Crippen LogP contribution in [0.1, 0.15) is 22.8 Å². The number of primary amides is 1. The highest BCUT2D eigenvalue weighted by molar-refractivity contribution is 5.98. The van der Waals surface area contributed by atoms with Crippen LogP contribution in [0.5, 0.6) is 0 Å². The highest BCUT2D eigenvalue weighted by Crippen LogP contribution is 2.19. The summed E-state index contributed by atoms with van der Waals surface area (Å²) >= 11 is 0. The first kappa shape index (κ1) is 18.3. The number of carbonyl (C=O) groups is 1. The predicted octanol–water partition coefficient (Wildman–Crippen LogP) is 2.72. The molecule has 0 aliphatic carbocycles. The van der Waals surface area contributed by atoms with Crippen molar-refractivity contribution in [3.63, 3.8) is 0 Å². The molecule has 0 spiro atoms. The lowest BCUT2D eigenvalue weighted by molar-refractivity contribution is 0.100. The third kappa shape index (κ3) is 4.35. The van der Waals surface area contributed by atoms with Crippen LogP contribution < -0.4 is 16.0 Å². The molecule has 138 valence electrons. The second-order valence-corrected chi connectivity index (χ2v) is 7.00. The fourth-order valence-corrected chi connectivity index (χ4v) is 3.42. The van der Waals surface area contributed by atoms with Gasteiger partial charge >= 0.3 is 0 Å². The van der Waals surface area contributed by atoms with E-state index >= 15 is 0 Å². The van der Waals surface area contributed by atoms with Gasteiger partial charge in [0, 0.05) is 50.1 Å². The van der Waals surface area contributed by atoms with Crippen molar-refractivity contribution in [1.29, 1.82) is 0 Å². The lowest BCUT2D eigenvalue weighted by Crippen LogP contribution is -2.51. The molecule has 5 nitrogen and oxygen atoms in total. The Labute approximate surface area is 155 Å². The monoisotopic (exact) mass is 352 g/mol. The van der Waals surface area contributed by atoms with Gasteiger partial charge in [0.05, 0.1) is 5.56 Å². The number of rotatable bonds is 6. The fourth-order valence-electron chi connectivity index (χ4n) is 3.42. The van der Waals surface area contributed by atoms with Crippen LogP contribution >= 0.6 is 0 Å². The molecule has 1 amide bonds. The van der Waals surface area contributed by atoms with E-state index in [1.165, 1.54) is 11.3 Å². The molecule has 26 heavy (non-hydrogen) atoms. The SMILES string of the molecule is Cc1ccc(N2CCN(C(C)CNc3ccccc3C(N)=O)CC2)cc1. The third-order valence-corrected chi connectivity index (χ3v) is 5.12. The van der Waals surface area contributed by atoms with Crippen molar-refractivity contribution in [2.45, 2.75) is 19.9 Å². The molecular weight excluding hydrogens is 324 g/mol. The molecule has 5 heteroatoms. The number of hydrogen-bond acceptors (Lipinski definition) is 4. The lowest BCUT2D eigenvalue weighted by atomic mass is 10.1. The molecule has 0 bridgehead atoms. The molecule has 3 N–H and O–H groups in total. The molecule has 1 saturated heterocycles. The summed E-state index contributed by atoms with van der Waals surface area (Å²) in [4.78, 5) is 16.5. The smallest absolute Gasteiger partial charge is 0.250 e. The van der Waals surface area contributed by atoms with E-state index in [9.17, 15) is 4.79 Å². The van der Waals surface area contributed by atoms with Crippen molar-refractivity contribution in [3.05, 3.63) is 59.7 Å². The molecule has 1 heterocycles. The van der Waals surface area contributed by atoms with Gasteiger partial charge in [-0.2, -0.15) is 0 Å². The number of hydrogen-bond donors (Lipinski definition) is 2. The maximum atomic E-state index is 11.5. The Morgan fingerprint density at radius 1 is 1.08 bits per heavy atom. The standard InChI is InChI=1S/C21H28N4O/c1-16-7-9-18(10-8-16)25-13-11-24(12-14-25)17(2)15-23-20-6-4-3-5-19(20)21(22)26/h3-10,17,23H,11-15H2,1-2H3,(H2,22,26). The van der Waals surface area contributed by atoms with Crippen LogP contribution in [0.2, 0.25) is 0 Å². The quantitative estimate of drug-likeness (QED) is 0.839. The van der Waals surface area contributed by atoms with Crippen LogP contribution in [-0.4, -0.2) is 49.6 Å². The van der Waals surface area contributed by atoms with E-state index in [1.54, 1.807) is 6.07 Å². The number of nitrogens with two attached hydrogens (primary N) is 1. The molecule has 1 aliphatic rings. The molecule has 0 aromatic heterocycles. The average Bonchev–Trinajstić information content (AvgIpc) is 2.67. The zero-order valence-corrected chi connectivity index (χ0v) is 15.6. The zero-order chi connectivity index (χ0) is 18.5. The first-order valence-electron chi connectivity index (χ1n) is 9.23. The van der Waals surface area contributed by atoms with E-state index in [0.717, 1.165) is 38.4 Å². The van der Waals surface area contributed by atoms with Crippen LogP contribution in [0.3, 0.4) is 0 Å². The number of carbonyl (C=O) groups excluding carboxylic acids is 1. The normalized spacial score (nSPS) is 16.3. The summed E-state index contributed by atoms with van der Waals surface area (Å²) in [6, 6.07) is 16.6. The molecule has 0 radical (unpaired) electrons. The number of aryl methyl sites for hydroxylation is 1. The van der Waals surface area contributed by atoms with Gasteiger partial charge in [-0.15, -0.1) is 0 Å². The Morgan fingerprint density at radius 3 is 2.38 bits per heavy atom. The van der Waals surface area contributed by atoms with Gasteiger partial charge in [-0.05, 0) is 38.1 Å². The van der Waals surface area contributed by atoms with Crippen molar-refractivity contribution in [2.24, 2.45) is 5.73 Å². The minimum Gasteiger partial charge on any atom is -0.383 e.